The van der Waals surface area contributed by atoms with Gasteiger partial charge in [0, 0.05) is 5.39 Å². The third-order valence-electron chi connectivity index (χ3n) is 2.03. The Balaban J connectivity index is 2.78. The van der Waals surface area contributed by atoms with E-state index >= 15 is 0 Å². The van der Waals surface area contributed by atoms with Crippen LogP contribution in [0.5, 0.6) is 0 Å². The molecule has 0 saturated heterocycles. The molecule has 76 valence electrons. The minimum absolute atomic E-state index is 0.0520. The zero-order valence-electron chi connectivity index (χ0n) is 7.68. The zero-order valence-corrected chi connectivity index (χ0v) is 7.68. The molecule has 0 amide bonds. The molecule has 1 heterocycles. The number of para-hydroxylation sites is 1. The second-order valence-electron chi connectivity index (χ2n) is 2.97. The van der Waals surface area contributed by atoms with Crippen molar-refractivity contribution in [1.29, 1.82) is 0 Å². The molecule has 3 N–H and O–H groups in total. The predicted molar refractivity (Wildman–Crippen MR) is 55.0 cm³/mol. The summed E-state index contributed by atoms with van der Waals surface area (Å²) in [7, 11) is 0. The Morgan fingerprint density at radius 3 is 2.87 bits per heavy atom. The smallest absolute Gasteiger partial charge is 0.347 e. The first-order valence-corrected chi connectivity index (χ1v) is 4.23. The van der Waals surface area contributed by atoms with E-state index in [9.17, 15) is 4.79 Å². The van der Waals surface area contributed by atoms with E-state index in [2.05, 4.69) is 5.16 Å². The lowest BCUT2D eigenvalue weighted by Gasteiger charge is -1.99. The number of fused-ring (bicyclic) bond motifs is 1. The van der Waals surface area contributed by atoms with E-state index in [0.29, 0.717) is 5.58 Å². The molecule has 0 saturated carbocycles. The van der Waals surface area contributed by atoms with Crippen molar-refractivity contribution in [2.45, 2.75) is 0 Å². The van der Waals surface area contributed by atoms with Gasteiger partial charge in [-0.25, -0.2) is 4.79 Å². The van der Waals surface area contributed by atoms with Gasteiger partial charge in [-0.05, 0) is 12.1 Å². The van der Waals surface area contributed by atoms with Crippen molar-refractivity contribution >= 4 is 16.8 Å². The second kappa shape index (κ2) is 3.45. The van der Waals surface area contributed by atoms with Gasteiger partial charge in [-0.1, -0.05) is 23.4 Å². The van der Waals surface area contributed by atoms with Crippen LogP contribution in [0.15, 0.2) is 44.7 Å². The average molecular weight is 204 g/mol. The minimum Gasteiger partial charge on any atom is -0.422 e. The number of amidine groups is 1. The summed E-state index contributed by atoms with van der Waals surface area (Å²) in [4.78, 5) is 11.4. The molecular weight excluding hydrogens is 196 g/mol. The van der Waals surface area contributed by atoms with E-state index in [-0.39, 0.29) is 11.4 Å². The van der Waals surface area contributed by atoms with Crippen molar-refractivity contribution in [3.63, 3.8) is 0 Å². The van der Waals surface area contributed by atoms with E-state index in [4.69, 9.17) is 15.4 Å². The zero-order chi connectivity index (χ0) is 10.8. The molecule has 1 aromatic heterocycles. The number of nitrogens with zero attached hydrogens (tertiary/aromatic N) is 1. The molecular formula is C10H8N2O3. The highest BCUT2D eigenvalue weighted by Gasteiger charge is 2.08. The van der Waals surface area contributed by atoms with Crippen LogP contribution in [0, 0.1) is 0 Å². The van der Waals surface area contributed by atoms with Crippen molar-refractivity contribution in [1.82, 2.24) is 0 Å². The molecule has 2 rings (SSSR count). The van der Waals surface area contributed by atoms with E-state index in [1.54, 1.807) is 24.3 Å². The van der Waals surface area contributed by atoms with E-state index in [1.807, 2.05) is 0 Å². The summed E-state index contributed by atoms with van der Waals surface area (Å²) in [5, 5.41) is 11.9. The summed E-state index contributed by atoms with van der Waals surface area (Å²) in [6, 6.07) is 8.53. The highest BCUT2D eigenvalue weighted by atomic mass is 16.4. The quantitative estimate of drug-likeness (QED) is 0.237. The summed E-state index contributed by atoms with van der Waals surface area (Å²) in [5.74, 6) is -0.255. The Morgan fingerprint density at radius 2 is 2.13 bits per heavy atom. The molecule has 2 aromatic rings. The lowest BCUT2D eigenvalue weighted by atomic mass is 10.2. The highest BCUT2D eigenvalue weighted by Crippen LogP contribution is 2.12. The number of hydrogen-bond donors (Lipinski definition) is 2. The summed E-state index contributed by atoms with van der Waals surface area (Å²) >= 11 is 0. The Bertz CT molecular complexity index is 586. The third kappa shape index (κ3) is 1.54. The molecule has 0 atom stereocenters. The number of benzene rings is 1. The van der Waals surface area contributed by atoms with Crippen LogP contribution in [0.1, 0.15) is 5.56 Å². The van der Waals surface area contributed by atoms with Crippen LogP contribution in [0.25, 0.3) is 11.0 Å². The van der Waals surface area contributed by atoms with Crippen LogP contribution in [0.4, 0.5) is 0 Å². The van der Waals surface area contributed by atoms with Gasteiger partial charge in [0.25, 0.3) is 0 Å². The maximum absolute atomic E-state index is 11.4. The maximum atomic E-state index is 11.4. The van der Waals surface area contributed by atoms with Gasteiger partial charge in [0.15, 0.2) is 5.84 Å². The average Bonchev–Trinajstić information content (AvgIpc) is 2.27. The van der Waals surface area contributed by atoms with Crippen LogP contribution in [0.3, 0.4) is 0 Å². The fourth-order valence-electron chi connectivity index (χ4n) is 1.29. The summed E-state index contributed by atoms with van der Waals surface area (Å²) in [6.07, 6.45) is 0. The Morgan fingerprint density at radius 1 is 1.40 bits per heavy atom. The fourth-order valence-corrected chi connectivity index (χ4v) is 1.29. The standard InChI is InChI=1S/C10H8N2O3/c11-9(12-14)7-5-6-3-1-2-4-8(6)15-10(7)13/h1-5,14H,(H2,11,12). The van der Waals surface area contributed by atoms with Gasteiger partial charge in [0.1, 0.15) is 11.1 Å². The molecule has 0 fully saturated rings. The molecule has 0 aliphatic rings. The van der Waals surface area contributed by atoms with Crippen LogP contribution in [-0.4, -0.2) is 11.0 Å². The number of nitrogens with two attached hydrogens (primary N) is 1. The highest BCUT2D eigenvalue weighted by molar-refractivity contribution is 5.98. The van der Waals surface area contributed by atoms with Crippen molar-refractivity contribution in [3.8, 4) is 0 Å². The molecule has 1 aromatic carbocycles. The number of oxime groups is 1. The van der Waals surface area contributed by atoms with Crippen molar-refractivity contribution in [2.75, 3.05) is 0 Å². The Labute approximate surface area is 84.4 Å². The molecule has 0 spiro atoms. The van der Waals surface area contributed by atoms with Gasteiger partial charge in [-0.3, -0.25) is 0 Å². The topological polar surface area (TPSA) is 88.8 Å². The third-order valence-corrected chi connectivity index (χ3v) is 2.03. The van der Waals surface area contributed by atoms with Gasteiger partial charge in [0.05, 0.1) is 0 Å². The lowest BCUT2D eigenvalue weighted by molar-refractivity contribution is 0.318. The van der Waals surface area contributed by atoms with Gasteiger partial charge in [-0.2, -0.15) is 0 Å². The Kier molecular flexibility index (Phi) is 2.13. The summed E-state index contributed by atoms with van der Waals surface area (Å²) in [6.45, 7) is 0. The molecule has 0 bridgehead atoms. The monoisotopic (exact) mass is 204 g/mol. The molecule has 5 nitrogen and oxygen atoms in total. The molecule has 5 heteroatoms. The summed E-state index contributed by atoms with van der Waals surface area (Å²) < 4.78 is 4.99. The Hall–Kier alpha value is -2.30. The summed E-state index contributed by atoms with van der Waals surface area (Å²) in [5.41, 5.74) is 5.23. The van der Waals surface area contributed by atoms with Crippen LogP contribution in [0.2, 0.25) is 0 Å². The van der Waals surface area contributed by atoms with Crippen LogP contribution < -0.4 is 11.4 Å². The number of hydrogen-bond acceptors (Lipinski definition) is 4. The second-order valence-corrected chi connectivity index (χ2v) is 2.97. The predicted octanol–water partition coefficient (Wildman–Crippen LogP) is 0.887. The van der Waals surface area contributed by atoms with Crippen molar-refractivity contribution in [3.05, 3.63) is 46.3 Å². The normalized spacial score (nSPS) is 11.9. The molecule has 0 aliphatic heterocycles. The number of rotatable bonds is 1. The van der Waals surface area contributed by atoms with Crippen molar-refractivity contribution < 1.29 is 9.62 Å². The van der Waals surface area contributed by atoms with Gasteiger partial charge >= 0.3 is 5.63 Å². The molecule has 15 heavy (non-hydrogen) atoms. The van der Waals surface area contributed by atoms with E-state index in [1.165, 1.54) is 6.07 Å². The van der Waals surface area contributed by atoms with Crippen molar-refractivity contribution in [2.24, 2.45) is 10.9 Å². The van der Waals surface area contributed by atoms with Gasteiger partial charge in [-0.15, -0.1) is 0 Å². The first-order valence-electron chi connectivity index (χ1n) is 4.23. The lowest BCUT2D eigenvalue weighted by Crippen LogP contribution is -2.21. The molecule has 0 radical (unpaired) electrons. The first-order chi connectivity index (χ1) is 7.22. The van der Waals surface area contributed by atoms with E-state index < -0.39 is 5.63 Å². The van der Waals surface area contributed by atoms with Crippen LogP contribution >= 0.6 is 0 Å². The molecule has 0 unspecified atom stereocenters. The minimum atomic E-state index is -0.621. The SMILES string of the molecule is N/C(=N\O)c1cc2ccccc2oc1=O. The van der Waals surface area contributed by atoms with Gasteiger partial charge in [0.2, 0.25) is 0 Å². The van der Waals surface area contributed by atoms with E-state index in [0.717, 1.165) is 5.39 Å². The molecule has 0 aliphatic carbocycles. The maximum Gasteiger partial charge on any atom is 0.347 e. The van der Waals surface area contributed by atoms with Crippen LogP contribution in [-0.2, 0) is 0 Å². The fraction of sp³-hybridized carbons (Fsp3) is 0. The largest absolute Gasteiger partial charge is 0.422 e. The first kappa shape index (κ1) is 9.26. The van der Waals surface area contributed by atoms with Gasteiger partial charge < -0.3 is 15.4 Å².